The molecule has 4 heteroatoms. The molecular formula is C19H31N3O. The molecular weight excluding hydrogens is 286 g/mol. The molecule has 128 valence electrons. The Balaban J connectivity index is 1.66. The molecule has 0 radical (unpaired) electrons. The lowest BCUT2D eigenvalue weighted by molar-refractivity contribution is -0.122. The summed E-state index contributed by atoms with van der Waals surface area (Å²) in [5, 5.41) is 3.05. The van der Waals surface area contributed by atoms with Crippen molar-refractivity contribution < 1.29 is 4.79 Å². The lowest BCUT2D eigenvalue weighted by Crippen LogP contribution is -2.41. The third-order valence-electron chi connectivity index (χ3n) is 4.80. The topological polar surface area (TPSA) is 35.6 Å². The second kappa shape index (κ2) is 9.04. The molecule has 1 saturated heterocycles. The van der Waals surface area contributed by atoms with Gasteiger partial charge in [-0.25, -0.2) is 0 Å². The predicted molar refractivity (Wildman–Crippen MR) is 95.4 cm³/mol. The Morgan fingerprint density at radius 1 is 1.26 bits per heavy atom. The van der Waals surface area contributed by atoms with Crippen LogP contribution < -0.4 is 5.32 Å². The molecule has 1 aromatic carbocycles. The Morgan fingerprint density at radius 3 is 2.61 bits per heavy atom. The minimum Gasteiger partial charge on any atom is -0.351 e. The van der Waals surface area contributed by atoms with Crippen molar-refractivity contribution in [1.82, 2.24) is 15.1 Å². The van der Waals surface area contributed by atoms with E-state index in [1.165, 1.54) is 36.9 Å². The van der Waals surface area contributed by atoms with Gasteiger partial charge in [0.05, 0.1) is 6.54 Å². The van der Waals surface area contributed by atoms with Gasteiger partial charge in [-0.3, -0.25) is 9.69 Å². The summed E-state index contributed by atoms with van der Waals surface area (Å²) in [5.41, 5.74) is 2.43. The van der Waals surface area contributed by atoms with Crippen LogP contribution >= 0.6 is 0 Å². The molecule has 0 aromatic heterocycles. The summed E-state index contributed by atoms with van der Waals surface area (Å²) < 4.78 is 0. The Morgan fingerprint density at radius 2 is 1.96 bits per heavy atom. The van der Waals surface area contributed by atoms with Crippen molar-refractivity contribution in [3.63, 3.8) is 0 Å². The van der Waals surface area contributed by atoms with Gasteiger partial charge in [-0.15, -0.1) is 0 Å². The first-order valence-electron chi connectivity index (χ1n) is 8.73. The molecule has 0 bridgehead atoms. The van der Waals surface area contributed by atoms with Crippen molar-refractivity contribution >= 4 is 5.91 Å². The number of carbonyl (C=O) groups is 1. The molecule has 4 nitrogen and oxygen atoms in total. The molecule has 1 heterocycles. The fraction of sp³-hybridized carbons (Fsp3) is 0.632. The Hall–Kier alpha value is -1.39. The maximum Gasteiger partial charge on any atom is 0.234 e. The Kier molecular flexibility index (Phi) is 7.06. The second-order valence-electron chi connectivity index (χ2n) is 7.01. The third kappa shape index (κ3) is 6.32. The number of nitrogens with zero attached hydrogens (tertiary/aromatic N) is 2. The molecule has 1 aliphatic rings. The van der Waals surface area contributed by atoms with Crippen molar-refractivity contribution in [2.45, 2.75) is 32.7 Å². The zero-order valence-corrected chi connectivity index (χ0v) is 14.8. The quantitative estimate of drug-likeness (QED) is 0.838. The van der Waals surface area contributed by atoms with Crippen molar-refractivity contribution in [2.75, 3.05) is 40.3 Å². The fourth-order valence-electron chi connectivity index (χ4n) is 3.14. The SMILES string of the molecule is Cc1ccccc1CNC(=O)CN1CCC(CCN(C)C)CC1. The molecule has 23 heavy (non-hydrogen) atoms. The Bertz CT molecular complexity index is 493. The molecule has 0 unspecified atom stereocenters. The van der Waals surface area contributed by atoms with E-state index in [2.05, 4.69) is 48.3 Å². The van der Waals surface area contributed by atoms with Crippen LogP contribution in [0.25, 0.3) is 0 Å². The first-order chi connectivity index (χ1) is 11.0. The predicted octanol–water partition coefficient (Wildman–Crippen LogP) is 2.27. The van der Waals surface area contributed by atoms with Gasteiger partial charge >= 0.3 is 0 Å². The molecule has 2 rings (SSSR count). The summed E-state index contributed by atoms with van der Waals surface area (Å²) in [4.78, 5) is 16.7. The molecule has 1 fully saturated rings. The van der Waals surface area contributed by atoms with Gasteiger partial charge in [-0.05, 0) is 77.0 Å². The standard InChI is InChI=1S/C19H31N3O/c1-16-6-4-5-7-18(16)14-20-19(23)15-22-12-9-17(10-13-22)8-11-21(2)3/h4-7,17H,8-15H2,1-3H3,(H,20,23). The lowest BCUT2D eigenvalue weighted by atomic mass is 9.93. The van der Waals surface area contributed by atoms with Crippen LogP contribution in [0.4, 0.5) is 0 Å². The number of nitrogens with one attached hydrogen (secondary N) is 1. The molecule has 0 spiro atoms. The number of hydrogen-bond donors (Lipinski definition) is 1. The molecule has 1 N–H and O–H groups in total. The zero-order chi connectivity index (χ0) is 16.7. The first-order valence-corrected chi connectivity index (χ1v) is 8.73. The first kappa shape index (κ1) is 18.0. The minimum atomic E-state index is 0.139. The number of aryl methyl sites for hydroxylation is 1. The van der Waals surface area contributed by atoms with Gasteiger partial charge in [-0.1, -0.05) is 24.3 Å². The van der Waals surface area contributed by atoms with E-state index < -0.39 is 0 Å². The average molecular weight is 317 g/mol. The highest BCUT2D eigenvalue weighted by Gasteiger charge is 2.20. The van der Waals surface area contributed by atoms with Gasteiger partial charge in [-0.2, -0.15) is 0 Å². The number of likely N-dealkylation sites (tertiary alicyclic amines) is 1. The van der Waals surface area contributed by atoms with Crippen molar-refractivity contribution in [1.29, 1.82) is 0 Å². The van der Waals surface area contributed by atoms with E-state index in [1.807, 2.05) is 12.1 Å². The van der Waals surface area contributed by atoms with Crippen LogP contribution in [0.2, 0.25) is 0 Å². The third-order valence-corrected chi connectivity index (χ3v) is 4.80. The zero-order valence-electron chi connectivity index (χ0n) is 14.8. The Labute approximate surface area is 140 Å². The second-order valence-corrected chi connectivity index (χ2v) is 7.01. The summed E-state index contributed by atoms with van der Waals surface area (Å²) in [7, 11) is 4.27. The van der Waals surface area contributed by atoms with E-state index in [0.717, 1.165) is 19.0 Å². The van der Waals surface area contributed by atoms with Gasteiger partial charge < -0.3 is 10.2 Å². The monoisotopic (exact) mass is 317 g/mol. The summed E-state index contributed by atoms with van der Waals surface area (Å²) in [5.74, 6) is 0.962. The number of piperidine rings is 1. The largest absolute Gasteiger partial charge is 0.351 e. The molecule has 1 aromatic rings. The molecule has 0 saturated carbocycles. The number of amides is 1. The number of rotatable bonds is 7. The van der Waals surface area contributed by atoms with Gasteiger partial charge in [0.25, 0.3) is 0 Å². The van der Waals surface area contributed by atoms with E-state index in [-0.39, 0.29) is 5.91 Å². The van der Waals surface area contributed by atoms with E-state index in [9.17, 15) is 4.79 Å². The molecule has 0 atom stereocenters. The van der Waals surface area contributed by atoms with Gasteiger partial charge in [0.15, 0.2) is 0 Å². The maximum absolute atomic E-state index is 12.1. The van der Waals surface area contributed by atoms with Crippen LogP contribution in [0, 0.1) is 12.8 Å². The van der Waals surface area contributed by atoms with E-state index in [4.69, 9.17) is 0 Å². The van der Waals surface area contributed by atoms with Crippen LogP contribution in [-0.2, 0) is 11.3 Å². The average Bonchev–Trinajstić information content (AvgIpc) is 2.53. The van der Waals surface area contributed by atoms with Gasteiger partial charge in [0.2, 0.25) is 5.91 Å². The van der Waals surface area contributed by atoms with E-state index in [1.54, 1.807) is 0 Å². The van der Waals surface area contributed by atoms with Crippen molar-refractivity contribution in [3.8, 4) is 0 Å². The number of hydrogen-bond acceptors (Lipinski definition) is 3. The van der Waals surface area contributed by atoms with Crippen molar-refractivity contribution in [3.05, 3.63) is 35.4 Å². The fourth-order valence-corrected chi connectivity index (χ4v) is 3.14. The van der Waals surface area contributed by atoms with Crippen LogP contribution in [0.1, 0.15) is 30.4 Å². The summed E-state index contributed by atoms with van der Waals surface area (Å²) >= 11 is 0. The van der Waals surface area contributed by atoms with Crippen molar-refractivity contribution in [2.24, 2.45) is 5.92 Å². The number of carbonyl (C=O) groups excluding carboxylic acids is 1. The summed E-state index contributed by atoms with van der Waals surface area (Å²) in [6.07, 6.45) is 3.72. The van der Waals surface area contributed by atoms with E-state index >= 15 is 0 Å². The van der Waals surface area contributed by atoms with Gasteiger partial charge in [0, 0.05) is 6.54 Å². The number of benzene rings is 1. The molecule has 1 aliphatic heterocycles. The molecule has 1 amide bonds. The summed E-state index contributed by atoms with van der Waals surface area (Å²) in [6.45, 7) is 6.52. The van der Waals surface area contributed by atoms with Crippen LogP contribution in [0.15, 0.2) is 24.3 Å². The normalized spacial score (nSPS) is 16.7. The lowest BCUT2D eigenvalue weighted by Gasteiger charge is -2.32. The van der Waals surface area contributed by atoms with E-state index in [0.29, 0.717) is 13.1 Å². The summed E-state index contributed by atoms with van der Waals surface area (Å²) in [6, 6.07) is 8.21. The van der Waals surface area contributed by atoms with Crippen LogP contribution in [0.5, 0.6) is 0 Å². The smallest absolute Gasteiger partial charge is 0.234 e. The minimum absolute atomic E-state index is 0.139. The van der Waals surface area contributed by atoms with Crippen LogP contribution in [-0.4, -0.2) is 56.0 Å². The maximum atomic E-state index is 12.1. The van der Waals surface area contributed by atoms with Crippen LogP contribution in [0.3, 0.4) is 0 Å². The highest BCUT2D eigenvalue weighted by molar-refractivity contribution is 5.78. The highest BCUT2D eigenvalue weighted by atomic mass is 16.2. The highest BCUT2D eigenvalue weighted by Crippen LogP contribution is 2.20. The van der Waals surface area contributed by atoms with Gasteiger partial charge in [0.1, 0.15) is 0 Å². The molecule has 0 aliphatic carbocycles.